The monoisotopic (exact) mass is 266 g/mol. The molecular formula is C14H22N2OS. The van der Waals surface area contributed by atoms with E-state index in [1.165, 1.54) is 18.4 Å². The molecule has 4 heteroatoms. The molecule has 1 N–H and O–H groups in total. The fourth-order valence-electron chi connectivity index (χ4n) is 1.88. The van der Waals surface area contributed by atoms with Gasteiger partial charge in [-0.05, 0) is 24.5 Å². The second kappa shape index (κ2) is 7.12. The van der Waals surface area contributed by atoms with E-state index >= 15 is 0 Å². The molecule has 1 fully saturated rings. The Balaban J connectivity index is 1.76. The van der Waals surface area contributed by atoms with Crippen molar-refractivity contribution in [3.63, 3.8) is 0 Å². The summed E-state index contributed by atoms with van der Waals surface area (Å²) in [7, 11) is 0. The smallest absolute Gasteiger partial charge is 0.0960 e. The Labute approximate surface area is 114 Å². The summed E-state index contributed by atoms with van der Waals surface area (Å²) in [6.45, 7) is 6.12. The van der Waals surface area contributed by atoms with Crippen molar-refractivity contribution in [1.82, 2.24) is 10.3 Å². The van der Waals surface area contributed by atoms with Crippen LogP contribution in [0.5, 0.6) is 0 Å². The lowest BCUT2D eigenvalue weighted by atomic mass is 10.2. The summed E-state index contributed by atoms with van der Waals surface area (Å²) in [5.74, 6) is 1.02. The zero-order valence-electron chi connectivity index (χ0n) is 11.2. The average Bonchev–Trinajstić information content (AvgIpc) is 2.88. The minimum Gasteiger partial charge on any atom is -0.377 e. The van der Waals surface area contributed by atoms with Gasteiger partial charge in [0.25, 0.3) is 0 Å². The van der Waals surface area contributed by atoms with Gasteiger partial charge in [0.05, 0.1) is 11.1 Å². The molecule has 1 aliphatic heterocycles. The molecule has 2 rings (SSSR count). The highest BCUT2D eigenvalue weighted by atomic mass is 32.2. The van der Waals surface area contributed by atoms with E-state index in [9.17, 15) is 0 Å². The highest BCUT2D eigenvalue weighted by Crippen LogP contribution is 2.22. The highest BCUT2D eigenvalue weighted by Gasteiger charge is 2.15. The van der Waals surface area contributed by atoms with Crippen LogP contribution in [0.4, 0.5) is 0 Å². The normalized spacial score (nSPS) is 19.6. The lowest BCUT2D eigenvalue weighted by Gasteiger charge is -2.09. The number of aromatic nitrogens is 1. The van der Waals surface area contributed by atoms with Crippen LogP contribution in [0, 0.1) is 0 Å². The third-order valence-corrected chi connectivity index (χ3v) is 4.03. The van der Waals surface area contributed by atoms with Crippen LogP contribution in [0.3, 0.4) is 0 Å². The number of hydrogen-bond donors (Lipinski definition) is 1. The van der Waals surface area contributed by atoms with Gasteiger partial charge in [-0.2, -0.15) is 0 Å². The average molecular weight is 266 g/mol. The van der Waals surface area contributed by atoms with E-state index in [0.717, 1.165) is 23.9 Å². The van der Waals surface area contributed by atoms with Crippen LogP contribution in [-0.2, 0) is 11.3 Å². The summed E-state index contributed by atoms with van der Waals surface area (Å²) in [6, 6.07) is 4.77. The van der Waals surface area contributed by atoms with Gasteiger partial charge in [0.2, 0.25) is 0 Å². The van der Waals surface area contributed by atoms with Crippen LogP contribution in [0.1, 0.15) is 32.3 Å². The Bertz CT molecular complexity index is 347. The summed E-state index contributed by atoms with van der Waals surface area (Å²) in [5.41, 5.74) is 1.24. The number of nitrogens with one attached hydrogen (secondary N) is 1. The van der Waals surface area contributed by atoms with Gasteiger partial charge in [-0.25, -0.2) is 4.98 Å². The second-order valence-electron chi connectivity index (χ2n) is 4.99. The van der Waals surface area contributed by atoms with Gasteiger partial charge in [0.1, 0.15) is 0 Å². The molecule has 0 aliphatic carbocycles. The van der Waals surface area contributed by atoms with Gasteiger partial charge in [-0.15, -0.1) is 11.8 Å². The lowest BCUT2D eigenvalue weighted by Crippen LogP contribution is -2.21. The van der Waals surface area contributed by atoms with Gasteiger partial charge in [0, 0.05) is 31.1 Å². The molecule has 1 aliphatic rings. The molecule has 1 atom stereocenters. The van der Waals surface area contributed by atoms with E-state index < -0.39 is 0 Å². The van der Waals surface area contributed by atoms with E-state index in [2.05, 4.69) is 36.3 Å². The van der Waals surface area contributed by atoms with E-state index in [0.29, 0.717) is 12.1 Å². The van der Waals surface area contributed by atoms with Crippen LogP contribution in [0.15, 0.2) is 23.4 Å². The second-order valence-corrected chi connectivity index (χ2v) is 6.03. The molecule has 1 unspecified atom stereocenters. The molecule has 0 amide bonds. The predicted octanol–water partition coefficient (Wildman–Crippen LogP) is 2.85. The van der Waals surface area contributed by atoms with Crippen molar-refractivity contribution >= 4 is 11.8 Å². The van der Waals surface area contributed by atoms with Crippen LogP contribution in [-0.4, -0.2) is 29.5 Å². The molecule has 2 heterocycles. The van der Waals surface area contributed by atoms with Gasteiger partial charge >= 0.3 is 0 Å². The van der Waals surface area contributed by atoms with E-state index in [1.807, 2.05) is 6.20 Å². The first-order chi connectivity index (χ1) is 8.74. The maximum absolute atomic E-state index is 5.60. The van der Waals surface area contributed by atoms with Crippen LogP contribution in [0.2, 0.25) is 0 Å². The summed E-state index contributed by atoms with van der Waals surface area (Å²) < 4.78 is 5.60. The molecular weight excluding hydrogens is 244 g/mol. The van der Waals surface area contributed by atoms with Gasteiger partial charge in [0.15, 0.2) is 0 Å². The minimum absolute atomic E-state index is 0.430. The minimum atomic E-state index is 0.430. The van der Waals surface area contributed by atoms with Crippen molar-refractivity contribution in [3.05, 3.63) is 23.9 Å². The molecule has 1 aromatic heterocycles. The number of nitrogens with zero attached hydrogens (tertiary/aromatic N) is 1. The van der Waals surface area contributed by atoms with Crippen LogP contribution in [0.25, 0.3) is 0 Å². The number of pyridine rings is 1. The molecule has 0 radical (unpaired) electrons. The maximum atomic E-state index is 5.60. The van der Waals surface area contributed by atoms with Crippen molar-refractivity contribution < 1.29 is 4.74 Å². The summed E-state index contributed by atoms with van der Waals surface area (Å²) >= 11 is 1.79. The molecule has 100 valence electrons. The van der Waals surface area contributed by atoms with Crippen molar-refractivity contribution in [3.8, 4) is 0 Å². The molecule has 0 bridgehead atoms. The highest BCUT2D eigenvalue weighted by molar-refractivity contribution is 7.99. The van der Waals surface area contributed by atoms with E-state index in [-0.39, 0.29) is 0 Å². The lowest BCUT2D eigenvalue weighted by molar-refractivity contribution is 0.129. The van der Waals surface area contributed by atoms with E-state index in [1.54, 1.807) is 11.8 Å². The molecule has 0 saturated carbocycles. The number of rotatable bonds is 6. The third-order valence-electron chi connectivity index (χ3n) is 2.95. The van der Waals surface area contributed by atoms with Gasteiger partial charge in [-0.3, -0.25) is 0 Å². The molecule has 1 aromatic rings. The number of ether oxygens (including phenoxy) is 1. The SMILES string of the molecule is CC(C)NCc1ccc(SCC2CCCO2)nc1. The molecule has 0 spiro atoms. The molecule has 18 heavy (non-hydrogen) atoms. The fourth-order valence-corrected chi connectivity index (χ4v) is 2.79. The fraction of sp³-hybridized carbons (Fsp3) is 0.643. The first-order valence-corrected chi connectivity index (χ1v) is 7.65. The maximum Gasteiger partial charge on any atom is 0.0960 e. The topological polar surface area (TPSA) is 34.1 Å². The Kier molecular flexibility index (Phi) is 5.47. The van der Waals surface area contributed by atoms with Crippen LogP contribution < -0.4 is 5.32 Å². The Morgan fingerprint density at radius 2 is 2.39 bits per heavy atom. The molecule has 3 nitrogen and oxygen atoms in total. The zero-order chi connectivity index (χ0) is 12.8. The quantitative estimate of drug-likeness (QED) is 0.803. The summed E-state index contributed by atoms with van der Waals surface area (Å²) in [4.78, 5) is 4.49. The van der Waals surface area contributed by atoms with Crippen LogP contribution >= 0.6 is 11.8 Å². The third kappa shape index (κ3) is 4.59. The summed E-state index contributed by atoms with van der Waals surface area (Å²) in [5, 5.41) is 4.49. The standard InChI is InChI=1S/C14H22N2OS/c1-11(2)15-8-12-5-6-14(16-9-12)18-10-13-4-3-7-17-13/h5-6,9,11,13,15H,3-4,7-8,10H2,1-2H3. The Morgan fingerprint density at radius 1 is 1.50 bits per heavy atom. The first kappa shape index (κ1) is 13.8. The van der Waals surface area contributed by atoms with Gasteiger partial charge in [-0.1, -0.05) is 19.9 Å². The molecule has 1 saturated heterocycles. The van der Waals surface area contributed by atoms with E-state index in [4.69, 9.17) is 4.74 Å². The van der Waals surface area contributed by atoms with Crippen molar-refractivity contribution in [2.24, 2.45) is 0 Å². The van der Waals surface area contributed by atoms with Crippen molar-refractivity contribution in [2.75, 3.05) is 12.4 Å². The summed E-state index contributed by atoms with van der Waals surface area (Å²) in [6.07, 6.45) is 4.80. The van der Waals surface area contributed by atoms with Crippen molar-refractivity contribution in [2.45, 2.75) is 50.4 Å². The Hall–Kier alpha value is -0.580. The number of hydrogen-bond acceptors (Lipinski definition) is 4. The largest absolute Gasteiger partial charge is 0.377 e. The number of thioether (sulfide) groups is 1. The Morgan fingerprint density at radius 3 is 3.00 bits per heavy atom. The predicted molar refractivity (Wildman–Crippen MR) is 75.9 cm³/mol. The van der Waals surface area contributed by atoms with Gasteiger partial charge < -0.3 is 10.1 Å². The first-order valence-electron chi connectivity index (χ1n) is 6.67. The van der Waals surface area contributed by atoms with Crippen molar-refractivity contribution in [1.29, 1.82) is 0 Å². The zero-order valence-corrected chi connectivity index (χ0v) is 12.0. The molecule has 0 aromatic carbocycles.